The maximum Gasteiger partial charge on any atom is 0.312 e. The molecule has 84 valence electrons. The van der Waals surface area contributed by atoms with Crippen molar-refractivity contribution in [3.05, 3.63) is 23.8 Å². The molecule has 0 aliphatic heterocycles. The van der Waals surface area contributed by atoms with Crippen LogP contribution in [0, 0.1) is 5.41 Å². The second-order valence-electron chi connectivity index (χ2n) is 4.24. The lowest BCUT2D eigenvalue weighted by molar-refractivity contribution is -0.155. The summed E-state index contributed by atoms with van der Waals surface area (Å²) in [5, 5.41) is 0. The Hall–Kier alpha value is -1.05. The lowest BCUT2D eigenvalue weighted by atomic mass is 9.81. The first kappa shape index (κ1) is 12.0. The highest BCUT2D eigenvalue weighted by atomic mass is 16.5. The number of hydrogen-bond donors (Lipinski definition) is 0. The van der Waals surface area contributed by atoms with E-state index in [1.807, 2.05) is 20.8 Å². The summed E-state index contributed by atoms with van der Waals surface area (Å²) in [5.41, 5.74) is 1.96. The number of rotatable bonds is 4. The van der Waals surface area contributed by atoms with Gasteiger partial charge in [-0.2, -0.15) is 0 Å². The van der Waals surface area contributed by atoms with Gasteiger partial charge in [0.25, 0.3) is 0 Å². The van der Waals surface area contributed by atoms with Crippen LogP contribution in [0.2, 0.25) is 0 Å². The van der Waals surface area contributed by atoms with Crippen molar-refractivity contribution in [1.29, 1.82) is 0 Å². The summed E-state index contributed by atoms with van der Waals surface area (Å²) in [6.45, 7) is 10.3. The molecule has 0 spiro atoms. The maximum absolute atomic E-state index is 11.9. The SMILES string of the molecule is C=C(C)C1=CCC(CC)(C(=O)OCC)C1. The minimum Gasteiger partial charge on any atom is -0.466 e. The summed E-state index contributed by atoms with van der Waals surface area (Å²) in [6.07, 6.45) is 4.55. The molecule has 2 heteroatoms. The van der Waals surface area contributed by atoms with Crippen LogP contribution in [0.4, 0.5) is 0 Å². The maximum atomic E-state index is 11.9. The number of carbonyl (C=O) groups excluding carboxylic acids is 1. The molecular formula is C13H20O2. The molecule has 0 radical (unpaired) electrons. The predicted molar refractivity (Wildman–Crippen MR) is 61.5 cm³/mol. The van der Waals surface area contributed by atoms with Crippen molar-refractivity contribution in [1.82, 2.24) is 0 Å². The van der Waals surface area contributed by atoms with E-state index in [0.29, 0.717) is 6.61 Å². The molecule has 0 saturated carbocycles. The van der Waals surface area contributed by atoms with Crippen molar-refractivity contribution in [2.75, 3.05) is 6.61 Å². The number of ether oxygens (including phenoxy) is 1. The first-order chi connectivity index (χ1) is 7.05. The van der Waals surface area contributed by atoms with E-state index in [0.717, 1.165) is 24.8 Å². The fourth-order valence-electron chi connectivity index (χ4n) is 2.01. The second-order valence-corrected chi connectivity index (χ2v) is 4.24. The Labute approximate surface area is 92.0 Å². The van der Waals surface area contributed by atoms with Crippen LogP contribution in [0.1, 0.15) is 40.0 Å². The monoisotopic (exact) mass is 208 g/mol. The second kappa shape index (κ2) is 4.65. The molecule has 1 rings (SSSR count). The van der Waals surface area contributed by atoms with E-state index >= 15 is 0 Å². The molecule has 1 atom stereocenters. The number of esters is 1. The summed E-state index contributed by atoms with van der Waals surface area (Å²) in [7, 11) is 0. The molecule has 15 heavy (non-hydrogen) atoms. The predicted octanol–water partition coefficient (Wildman–Crippen LogP) is 3.24. The van der Waals surface area contributed by atoms with Crippen molar-refractivity contribution in [2.45, 2.75) is 40.0 Å². The van der Waals surface area contributed by atoms with Gasteiger partial charge in [-0.3, -0.25) is 4.79 Å². The molecule has 0 aromatic carbocycles. The zero-order valence-electron chi connectivity index (χ0n) is 9.93. The van der Waals surface area contributed by atoms with E-state index in [1.165, 1.54) is 5.57 Å². The van der Waals surface area contributed by atoms with Gasteiger partial charge in [-0.15, -0.1) is 0 Å². The smallest absolute Gasteiger partial charge is 0.312 e. The average Bonchev–Trinajstić information content (AvgIpc) is 2.63. The number of hydrogen-bond acceptors (Lipinski definition) is 2. The van der Waals surface area contributed by atoms with Crippen LogP contribution in [0.25, 0.3) is 0 Å². The largest absolute Gasteiger partial charge is 0.466 e. The lowest BCUT2D eigenvalue weighted by Gasteiger charge is -2.25. The summed E-state index contributed by atoms with van der Waals surface area (Å²) in [6, 6.07) is 0. The third-order valence-corrected chi connectivity index (χ3v) is 3.20. The summed E-state index contributed by atoms with van der Waals surface area (Å²) >= 11 is 0. The molecule has 0 bridgehead atoms. The Balaban J connectivity index is 2.76. The highest BCUT2D eigenvalue weighted by Crippen LogP contribution is 2.43. The van der Waals surface area contributed by atoms with Gasteiger partial charge in [0, 0.05) is 0 Å². The molecule has 2 nitrogen and oxygen atoms in total. The lowest BCUT2D eigenvalue weighted by Crippen LogP contribution is -2.30. The fraction of sp³-hybridized carbons (Fsp3) is 0.615. The van der Waals surface area contributed by atoms with E-state index in [-0.39, 0.29) is 11.4 Å². The minimum atomic E-state index is -0.315. The number of allylic oxidation sites excluding steroid dienone is 3. The molecule has 1 aliphatic carbocycles. The van der Waals surface area contributed by atoms with Crippen molar-refractivity contribution in [3.63, 3.8) is 0 Å². The van der Waals surface area contributed by atoms with E-state index in [2.05, 4.69) is 12.7 Å². The van der Waals surface area contributed by atoms with Crippen LogP contribution < -0.4 is 0 Å². The van der Waals surface area contributed by atoms with Gasteiger partial charge >= 0.3 is 5.97 Å². The van der Waals surface area contributed by atoms with Crippen molar-refractivity contribution in [3.8, 4) is 0 Å². The molecule has 0 N–H and O–H groups in total. The van der Waals surface area contributed by atoms with Crippen LogP contribution >= 0.6 is 0 Å². The Morgan fingerprint density at radius 3 is 2.67 bits per heavy atom. The Morgan fingerprint density at radius 2 is 2.27 bits per heavy atom. The van der Waals surface area contributed by atoms with Gasteiger partial charge in [0.2, 0.25) is 0 Å². The van der Waals surface area contributed by atoms with Gasteiger partial charge in [0.15, 0.2) is 0 Å². The molecule has 1 unspecified atom stereocenters. The van der Waals surface area contributed by atoms with Gasteiger partial charge in [-0.25, -0.2) is 0 Å². The molecule has 0 aromatic rings. The van der Waals surface area contributed by atoms with Crippen molar-refractivity contribution in [2.24, 2.45) is 5.41 Å². The Kier molecular flexibility index (Phi) is 3.72. The Morgan fingerprint density at radius 1 is 1.60 bits per heavy atom. The molecule has 0 amide bonds. The topological polar surface area (TPSA) is 26.3 Å². The van der Waals surface area contributed by atoms with E-state index < -0.39 is 0 Å². The van der Waals surface area contributed by atoms with Gasteiger partial charge in [-0.05, 0) is 38.7 Å². The van der Waals surface area contributed by atoms with Crippen molar-refractivity contribution < 1.29 is 9.53 Å². The van der Waals surface area contributed by atoms with E-state index in [4.69, 9.17) is 4.74 Å². The van der Waals surface area contributed by atoms with E-state index in [1.54, 1.807) is 0 Å². The quantitative estimate of drug-likeness (QED) is 0.663. The molecular weight excluding hydrogens is 188 g/mol. The molecule has 0 fully saturated rings. The third kappa shape index (κ3) is 2.31. The standard InChI is InChI=1S/C13H20O2/c1-5-13(12(14)15-6-2)8-7-11(9-13)10(3)4/h7H,3,5-6,8-9H2,1-2,4H3. The summed E-state index contributed by atoms with van der Waals surface area (Å²) in [5.74, 6) is -0.0556. The fourth-order valence-corrected chi connectivity index (χ4v) is 2.01. The summed E-state index contributed by atoms with van der Waals surface area (Å²) in [4.78, 5) is 11.9. The van der Waals surface area contributed by atoms with Gasteiger partial charge in [-0.1, -0.05) is 25.2 Å². The highest BCUT2D eigenvalue weighted by Gasteiger charge is 2.41. The Bertz CT molecular complexity index is 302. The molecule has 0 aromatic heterocycles. The molecule has 0 saturated heterocycles. The van der Waals surface area contributed by atoms with Crippen LogP contribution in [-0.2, 0) is 9.53 Å². The zero-order valence-corrected chi connectivity index (χ0v) is 9.93. The normalized spacial score (nSPS) is 24.9. The first-order valence-corrected chi connectivity index (χ1v) is 5.58. The third-order valence-electron chi connectivity index (χ3n) is 3.20. The molecule has 0 heterocycles. The van der Waals surface area contributed by atoms with Gasteiger partial charge < -0.3 is 4.74 Å². The summed E-state index contributed by atoms with van der Waals surface area (Å²) < 4.78 is 5.15. The van der Waals surface area contributed by atoms with Crippen LogP contribution in [-0.4, -0.2) is 12.6 Å². The van der Waals surface area contributed by atoms with Crippen LogP contribution in [0.15, 0.2) is 23.8 Å². The average molecular weight is 208 g/mol. The zero-order chi connectivity index (χ0) is 11.5. The first-order valence-electron chi connectivity index (χ1n) is 5.58. The van der Waals surface area contributed by atoms with Gasteiger partial charge in [0.05, 0.1) is 12.0 Å². The van der Waals surface area contributed by atoms with Crippen LogP contribution in [0.3, 0.4) is 0 Å². The van der Waals surface area contributed by atoms with Crippen molar-refractivity contribution >= 4 is 5.97 Å². The highest BCUT2D eigenvalue weighted by molar-refractivity contribution is 5.78. The minimum absolute atomic E-state index is 0.0556. The van der Waals surface area contributed by atoms with E-state index in [9.17, 15) is 4.79 Å². The van der Waals surface area contributed by atoms with Crippen LogP contribution in [0.5, 0.6) is 0 Å². The molecule has 1 aliphatic rings. The van der Waals surface area contributed by atoms with Gasteiger partial charge in [0.1, 0.15) is 0 Å². The number of carbonyl (C=O) groups is 1.